The van der Waals surface area contributed by atoms with Crippen LogP contribution in [0.15, 0.2) is 24.3 Å². The lowest BCUT2D eigenvalue weighted by Gasteiger charge is -2.05. The predicted molar refractivity (Wildman–Crippen MR) is 66.0 cm³/mol. The minimum Gasteiger partial charge on any atom is -0.450 e. The molecule has 94 valence electrons. The molecule has 0 bridgehead atoms. The lowest BCUT2D eigenvalue weighted by atomic mass is 10.1. The number of aryl methyl sites for hydroxylation is 1. The lowest BCUT2D eigenvalue weighted by Crippen LogP contribution is -2.13. The van der Waals surface area contributed by atoms with E-state index in [-0.39, 0.29) is 6.42 Å². The zero-order chi connectivity index (χ0) is 13.4. The van der Waals surface area contributed by atoms with Crippen LogP contribution in [0.25, 0.3) is 0 Å². The number of nitrogens with zero attached hydrogens (tertiary/aromatic N) is 1. The number of amides is 1. The Morgan fingerprint density at radius 3 is 2.56 bits per heavy atom. The van der Waals surface area contributed by atoms with Crippen molar-refractivity contribution in [2.24, 2.45) is 0 Å². The Balaban J connectivity index is 2.50. The molecular formula is C13H14N2O3. The molecule has 0 heterocycles. The topological polar surface area (TPSA) is 79.2 Å². The van der Waals surface area contributed by atoms with Crippen LogP contribution >= 0.6 is 0 Å². The average Bonchev–Trinajstić information content (AvgIpc) is 2.37. The Morgan fingerprint density at radius 1 is 1.33 bits per heavy atom. The van der Waals surface area contributed by atoms with Crippen molar-refractivity contribution in [2.45, 2.75) is 19.8 Å². The van der Waals surface area contributed by atoms with Gasteiger partial charge in [0.2, 0.25) is 5.78 Å². The van der Waals surface area contributed by atoms with E-state index in [2.05, 4.69) is 5.32 Å². The number of hydrogen-bond donors (Lipinski definition) is 1. The van der Waals surface area contributed by atoms with Crippen molar-refractivity contribution in [1.29, 1.82) is 5.26 Å². The van der Waals surface area contributed by atoms with Crippen LogP contribution in [0.2, 0.25) is 0 Å². The highest BCUT2D eigenvalue weighted by Gasteiger charge is 2.03. The van der Waals surface area contributed by atoms with Crippen molar-refractivity contribution in [2.75, 3.05) is 11.9 Å². The van der Waals surface area contributed by atoms with Crippen LogP contribution in [0.4, 0.5) is 10.5 Å². The van der Waals surface area contributed by atoms with Gasteiger partial charge in [-0.15, -0.1) is 0 Å². The number of ether oxygens (including phenoxy) is 1. The highest BCUT2D eigenvalue weighted by atomic mass is 16.5. The van der Waals surface area contributed by atoms with Crippen LogP contribution in [0, 0.1) is 11.3 Å². The number of benzene rings is 1. The Bertz CT molecular complexity index is 460. The third-order valence-electron chi connectivity index (χ3n) is 2.24. The number of carbonyl (C=O) groups is 2. The Labute approximate surface area is 105 Å². The van der Waals surface area contributed by atoms with Crippen LogP contribution in [0.5, 0.6) is 0 Å². The fourth-order valence-corrected chi connectivity index (χ4v) is 1.35. The van der Waals surface area contributed by atoms with E-state index >= 15 is 0 Å². The highest BCUT2D eigenvalue weighted by molar-refractivity contribution is 5.93. The number of rotatable bonds is 5. The van der Waals surface area contributed by atoms with Gasteiger partial charge in [0.1, 0.15) is 6.07 Å². The maximum Gasteiger partial charge on any atom is 0.411 e. The number of nitriles is 1. The number of carbonyl (C=O) groups excluding carboxylic acids is 2. The third-order valence-corrected chi connectivity index (χ3v) is 2.24. The van der Waals surface area contributed by atoms with Crippen LogP contribution < -0.4 is 5.32 Å². The Morgan fingerprint density at radius 2 is 2.00 bits per heavy atom. The third kappa shape index (κ3) is 4.66. The molecule has 1 aromatic carbocycles. The molecule has 0 unspecified atom stereocenters. The smallest absolute Gasteiger partial charge is 0.411 e. The summed E-state index contributed by atoms with van der Waals surface area (Å²) in [6, 6.07) is 8.62. The summed E-state index contributed by atoms with van der Waals surface area (Å²) < 4.78 is 4.74. The fraction of sp³-hybridized carbons (Fsp3) is 0.308. The molecule has 1 N–H and O–H groups in total. The van der Waals surface area contributed by atoms with E-state index in [4.69, 9.17) is 10.00 Å². The van der Waals surface area contributed by atoms with E-state index in [1.807, 2.05) is 0 Å². The van der Waals surface area contributed by atoms with Crippen LogP contribution in [-0.4, -0.2) is 18.5 Å². The first kappa shape index (κ1) is 13.7. The van der Waals surface area contributed by atoms with Gasteiger partial charge in [-0.3, -0.25) is 10.1 Å². The molecule has 0 atom stereocenters. The lowest BCUT2D eigenvalue weighted by molar-refractivity contribution is -0.113. The van der Waals surface area contributed by atoms with Gasteiger partial charge in [0.25, 0.3) is 0 Å². The molecule has 0 aliphatic carbocycles. The summed E-state index contributed by atoms with van der Waals surface area (Å²) in [5.41, 5.74) is 1.57. The van der Waals surface area contributed by atoms with Gasteiger partial charge in [-0.1, -0.05) is 12.1 Å². The molecule has 5 nitrogen and oxygen atoms in total. The molecule has 1 rings (SSSR count). The standard InChI is InChI=1S/C13H14N2O3/c1-2-18-13(17)15-11-6-3-10(4-7-11)5-8-12(16)9-14/h3-4,6-7H,2,5,8H2,1H3,(H,15,17). The maximum atomic E-state index is 11.1. The van der Waals surface area contributed by atoms with Gasteiger partial charge in [-0.25, -0.2) is 4.79 Å². The molecule has 5 heteroatoms. The summed E-state index contributed by atoms with van der Waals surface area (Å²) in [7, 11) is 0. The molecule has 1 aromatic rings. The summed E-state index contributed by atoms with van der Waals surface area (Å²) >= 11 is 0. The molecule has 0 spiro atoms. The molecule has 0 fully saturated rings. The minimum atomic E-state index is -0.495. The summed E-state index contributed by atoms with van der Waals surface area (Å²) in [5.74, 6) is -0.427. The average molecular weight is 246 g/mol. The molecule has 0 aromatic heterocycles. The van der Waals surface area contributed by atoms with Gasteiger partial charge in [0, 0.05) is 12.1 Å². The van der Waals surface area contributed by atoms with Crippen molar-refractivity contribution in [3.05, 3.63) is 29.8 Å². The summed E-state index contributed by atoms with van der Waals surface area (Å²) in [6.45, 7) is 2.05. The van der Waals surface area contributed by atoms with Crippen LogP contribution in [0.3, 0.4) is 0 Å². The Kier molecular flexibility index (Phi) is 5.39. The van der Waals surface area contributed by atoms with Gasteiger partial charge < -0.3 is 4.74 Å². The summed E-state index contributed by atoms with van der Waals surface area (Å²) in [4.78, 5) is 22.0. The normalized spacial score (nSPS) is 9.33. The van der Waals surface area contributed by atoms with Gasteiger partial charge in [0.05, 0.1) is 6.61 Å². The second kappa shape index (κ2) is 7.07. The van der Waals surface area contributed by atoms with Crippen molar-refractivity contribution < 1.29 is 14.3 Å². The molecule has 1 amide bonds. The van der Waals surface area contributed by atoms with Gasteiger partial charge in [-0.05, 0) is 31.0 Å². The van der Waals surface area contributed by atoms with Gasteiger partial charge >= 0.3 is 6.09 Å². The SMILES string of the molecule is CCOC(=O)Nc1ccc(CCC(=O)C#N)cc1. The second-order valence-electron chi connectivity index (χ2n) is 3.58. The molecular weight excluding hydrogens is 232 g/mol. The molecule has 18 heavy (non-hydrogen) atoms. The summed E-state index contributed by atoms with van der Waals surface area (Å²) in [6.07, 6.45) is 0.234. The largest absolute Gasteiger partial charge is 0.450 e. The number of nitrogens with one attached hydrogen (secondary N) is 1. The number of ketones is 1. The van der Waals surface area contributed by atoms with Crippen molar-refractivity contribution >= 4 is 17.6 Å². The molecule has 0 saturated heterocycles. The number of Topliss-reactive ketones (excluding diaryl/α,β-unsaturated/α-hetero) is 1. The first-order valence-corrected chi connectivity index (χ1v) is 5.61. The second-order valence-corrected chi connectivity index (χ2v) is 3.58. The molecule has 0 aliphatic rings. The first-order valence-electron chi connectivity index (χ1n) is 5.61. The summed E-state index contributed by atoms with van der Waals surface area (Å²) in [5, 5.41) is 10.9. The number of anilines is 1. The predicted octanol–water partition coefficient (Wildman–Crippen LogP) is 2.28. The molecule has 0 aliphatic heterocycles. The maximum absolute atomic E-state index is 11.1. The van der Waals surface area contributed by atoms with E-state index in [9.17, 15) is 9.59 Å². The quantitative estimate of drug-likeness (QED) is 0.808. The fourth-order valence-electron chi connectivity index (χ4n) is 1.35. The van der Waals surface area contributed by atoms with Gasteiger partial charge in [-0.2, -0.15) is 5.26 Å². The van der Waals surface area contributed by atoms with Crippen molar-refractivity contribution in [3.8, 4) is 6.07 Å². The van der Waals surface area contributed by atoms with E-state index in [0.29, 0.717) is 18.7 Å². The van der Waals surface area contributed by atoms with Crippen molar-refractivity contribution in [3.63, 3.8) is 0 Å². The van der Waals surface area contributed by atoms with E-state index in [1.165, 1.54) is 0 Å². The molecule has 0 radical (unpaired) electrons. The molecule has 0 saturated carbocycles. The highest BCUT2D eigenvalue weighted by Crippen LogP contribution is 2.11. The van der Waals surface area contributed by atoms with E-state index in [1.54, 1.807) is 37.3 Å². The van der Waals surface area contributed by atoms with E-state index < -0.39 is 11.9 Å². The van der Waals surface area contributed by atoms with Crippen LogP contribution in [-0.2, 0) is 16.0 Å². The monoisotopic (exact) mass is 246 g/mol. The first-order chi connectivity index (χ1) is 8.65. The van der Waals surface area contributed by atoms with Gasteiger partial charge in [0.15, 0.2) is 0 Å². The van der Waals surface area contributed by atoms with E-state index in [0.717, 1.165) is 5.56 Å². The zero-order valence-corrected chi connectivity index (χ0v) is 10.1. The van der Waals surface area contributed by atoms with Crippen molar-refractivity contribution in [1.82, 2.24) is 0 Å². The van der Waals surface area contributed by atoms with Crippen LogP contribution in [0.1, 0.15) is 18.9 Å². The Hall–Kier alpha value is -2.35. The number of hydrogen-bond acceptors (Lipinski definition) is 4. The minimum absolute atomic E-state index is 0.209. The zero-order valence-electron chi connectivity index (χ0n) is 10.1.